The molecule has 0 saturated carbocycles. The summed E-state index contributed by atoms with van der Waals surface area (Å²) in [6, 6.07) is 10.6. The Balaban J connectivity index is 1.81. The van der Waals surface area contributed by atoms with Crippen LogP contribution in [0, 0.1) is 0 Å². The van der Waals surface area contributed by atoms with E-state index in [1.807, 2.05) is 18.2 Å². The second-order valence-electron chi connectivity index (χ2n) is 5.85. The van der Waals surface area contributed by atoms with Crippen molar-refractivity contribution in [1.82, 2.24) is 4.72 Å². The van der Waals surface area contributed by atoms with Gasteiger partial charge in [-0.05, 0) is 49.6 Å². The van der Waals surface area contributed by atoms with E-state index in [4.69, 9.17) is 11.6 Å². The van der Waals surface area contributed by atoms with Crippen LogP contribution in [0.4, 0.5) is 0 Å². The lowest BCUT2D eigenvalue weighted by molar-refractivity contribution is 0.580. The third kappa shape index (κ3) is 3.77. The fourth-order valence-corrected chi connectivity index (χ4v) is 4.66. The molecule has 1 aliphatic carbocycles. The lowest BCUT2D eigenvalue weighted by atomic mass is 9.97. The highest BCUT2D eigenvalue weighted by Crippen LogP contribution is 2.29. The first-order chi connectivity index (χ1) is 11.1. The second-order valence-corrected chi connectivity index (χ2v) is 7.99. The van der Waals surface area contributed by atoms with Crippen LogP contribution in [0.25, 0.3) is 10.8 Å². The molecule has 2 aromatic carbocycles. The Morgan fingerprint density at radius 3 is 2.61 bits per heavy atom. The number of halogens is 1. The summed E-state index contributed by atoms with van der Waals surface area (Å²) >= 11 is 6.22. The molecule has 5 heteroatoms. The van der Waals surface area contributed by atoms with Crippen molar-refractivity contribution < 1.29 is 8.42 Å². The van der Waals surface area contributed by atoms with Crippen LogP contribution >= 0.6 is 11.6 Å². The number of fused-ring (bicyclic) bond motifs is 1. The van der Waals surface area contributed by atoms with Crippen LogP contribution < -0.4 is 4.72 Å². The molecule has 0 saturated heterocycles. The van der Waals surface area contributed by atoms with Gasteiger partial charge in [-0.1, -0.05) is 47.5 Å². The molecular weight excluding hydrogens is 330 g/mol. The maximum absolute atomic E-state index is 12.7. The summed E-state index contributed by atoms with van der Waals surface area (Å²) in [7, 11) is -3.57. The van der Waals surface area contributed by atoms with Crippen molar-refractivity contribution in [2.24, 2.45) is 0 Å². The van der Waals surface area contributed by atoms with Gasteiger partial charge in [0.1, 0.15) is 0 Å². The topological polar surface area (TPSA) is 46.2 Å². The third-order valence-corrected chi connectivity index (χ3v) is 6.05. The fourth-order valence-electron chi connectivity index (χ4n) is 3.04. The van der Waals surface area contributed by atoms with Gasteiger partial charge in [0.25, 0.3) is 0 Å². The maximum Gasteiger partial charge on any atom is 0.241 e. The van der Waals surface area contributed by atoms with E-state index in [2.05, 4.69) is 10.8 Å². The average molecular weight is 350 g/mol. The molecule has 0 aliphatic heterocycles. The quantitative estimate of drug-likeness (QED) is 0.798. The predicted octanol–water partition coefficient (Wildman–Crippen LogP) is 4.66. The van der Waals surface area contributed by atoms with E-state index < -0.39 is 10.0 Å². The summed E-state index contributed by atoms with van der Waals surface area (Å²) in [5, 5.41) is 1.87. The number of sulfonamides is 1. The lowest BCUT2D eigenvalue weighted by Gasteiger charge is -2.14. The minimum Gasteiger partial charge on any atom is -0.211 e. The molecule has 3 nitrogen and oxygen atoms in total. The number of allylic oxidation sites excluding steroid dienone is 1. The Morgan fingerprint density at radius 1 is 1.09 bits per heavy atom. The first-order valence-corrected chi connectivity index (χ1v) is 9.79. The summed E-state index contributed by atoms with van der Waals surface area (Å²) in [6.07, 6.45) is 7.66. The molecular formula is C18H20ClNO2S. The zero-order valence-electron chi connectivity index (χ0n) is 12.9. The van der Waals surface area contributed by atoms with Crippen LogP contribution in [-0.2, 0) is 10.0 Å². The van der Waals surface area contributed by atoms with Crippen molar-refractivity contribution in [3.8, 4) is 0 Å². The molecule has 122 valence electrons. The van der Waals surface area contributed by atoms with Crippen LogP contribution in [0.1, 0.15) is 32.1 Å². The molecule has 0 atom stereocenters. The molecule has 0 radical (unpaired) electrons. The SMILES string of the molecule is O=S(=O)(NCCC1=CCCCC1)c1cccc2cccc(Cl)c12. The van der Waals surface area contributed by atoms with Gasteiger partial charge in [-0.15, -0.1) is 0 Å². The smallest absolute Gasteiger partial charge is 0.211 e. The maximum atomic E-state index is 12.7. The molecule has 0 unspecified atom stereocenters. The molecule has 0 amide bonds. The van der Waals surface area contributed by atoms with E-state index in [-0.39, 0.29) is 4.90 Å². The van der Waals surface area contributed by atoms with Crippen molar-refractivity contribution in [3.05, 3.63) is 53.1 Å². The normalized spacial score (nSPS) is 15.6. The molecule has 23 heavy (non-hydrogen) atoms. The Hall–Kier alpha value is -1.36. The number of hydrogen-bond donors (Lipinski definition) is 1. The summed E-state index contributed by atoms with van der Waals surface area (Å²) < 4.78 is 28.0. The standard InChI is InChI=1S/C18H20ClNO2S/c19-16-10-4-8-15-9-5-11-17(18(15)16)23(21,22)20-13-12-14-6-2-1-3-7-14/h4-6,8-11,20H,1-3,7,12-13H2. The number of nitrogens with one attached hydrogen (secondary N) is 1. The molecule has 1 aliphatic rings. The van der Waals surface area contributed by atoms with Crippen LogP contribution in [0.2, 0.25) is 5.02 Å². The largest absolute Gasteiger partial charge is 0.241 e. The Kier molecular flexibility index (Phi) is 5.05. The van der Waals surface area contributed by atoms with Crippen molar-refractivity contribution in [3.63, 3.8) is 0 Å². The Morgan fingerprint density at radius 2 is 1.87 bits per heavy atom. The minimum atomic E-state index is -3.57. The molecule has 0 spiro atoms. The van der Waals surface area contributed by atoms with E-state index in [1.54, 1.807) is 18.2 Å². The lowest BCUT2D eigenvalue weighted by Crippen LogP contribution is -2.25. The van der Waals surface area contributed by atoms with Gasteiger partial charge in [0.05, 0.1) is 4.90 Å². The Labute approximate surface area is 142 Å². The number of benzene rings is 2. The van der Waals surface area contributed by atoms with Gasteiger partial charge in [0, 0.05) is 17.0 Å². The van der Waals surface area contributed by atoms with Crippen molar-refractivity contribution in [1.29, 1.82) is 0 Å². The molecule has 2 aromatic rings. The number of rotatable bonds is 5. The number of hydrogen-bond acceptors (Lipinski definition) is 2. The molecule has 1 N–H and O–H groups in total. The molecule has 0 heterocycles. The summed E-state index contributed by atoms with van der Waals surface area (Å²) in [5.41, 5.74) is 1.36. The predicted molar refractivity (Wildman–Crippen MR) is 95.3 cm³/mol. The van der Waals surface area contributed by atoms with Crippen LogP contribution in [-0.4, -0.2) is 15.0 Å². The third-order valence-electron chi connectivity index (χ3n) is 4.23. The summed E-state index contributed by atoms with van der Waals surface area (Å²) in [6.45, 7) is 0.426. The van der Waals surface area contributed by atoms with E-state index in [9.17, 15) is 8.42 Å². The summed E-state index contributed by atoms with van der Waals surface area (Å²) in [5.74, 6) is 0. The average Bonchev–Trinajstić information content (AvgIpc) is 2.55. The zero-order chi connectivity index (χ0) is 16.3. The van der Waals surface area contributed by atoms with E-state index in [0.717, 1.165) is 24.6 Å². The minimum absolute atomic E-state index is 0.248. The van der Waals surface area contributed by atoms with Crippen LogP contribution in [0.15, 0.2) is 52.9 Å². The van der Waals surface area contributed by atoms with Crippen molar-refractivity contribution in [2.45, 2.75) is 37.0 Å². The van der Waals surface area contributed by atoms with Gasteiger partial charge in [0.15, 0.2) is 0 Å². The van der Waals surface area contributed by atoms with Crippen LogP contribution in [0.3, 0.4) is 0 Å². The first kappa shape index (κ1) is 16.5. The highest BCUT2D eigenvalue weighted by Gasteiger charge is 2.18. The van der Waals surface area contributed by atoms with E-state index in [1.165, 1.54) is 18.4 Å². The van der Waals surface area contributed by atoms with Gasteiger partial charge < -0.3 is 0 Å². The monoisotopic (exact) mass is 349 g/mol. The van der Waals surface area contributed by atoms with Crippen molar-refractivity contribution >= 4 is 32.4 Å². The van der Waals surface area contributed by atoms with Gasteiger partial charge in [-0.3, -0.25) is 0 Å². The van der Waals surface area contributed by atoms with Crippen molar-refractivity contribution in [2.75, 3.05) is 6.54 Å². The molecule has 3 rings (SSSR count). The first-order valence-electron chi connectivity index (χ1n) is 7.93. The highest BCUT2D eigenvalue weighted by molar-refractivity contribution is 7.89. The Bertz CT molecular complexity index is 838. The molecule has 0 aromatic heterocycles. The highest BCUT2D eigenvalue weighted by atomic mass is 35.5. The van der Waals surface area contributed by atoms with Gasteiger partial charge in [0.2, 0.25) is 10.0 Å². The van der Waals surface area contributed by atoms with Crippen LogP contribution in [0.5, 0.6) is 0 Å². The van der Waals surface area contributed by atoms with E-state index in [0.29, 0.717) is 17.0 Å². The summed E-state index contributed by atoms with van der Waals surface area (Å²) in [4.78, 5) is 0.248. The van der Waals surface area contributed by atoms with Gasteiger partial charge >= 0.3 is 0 Å². The fraction of sp³-hybridized carbons (Fsp3) is 0.333. The zero-order valence-corrected chi connectivity index (χ0v) is 14.5. The molecule has 0 bridgehead atoms. The van der Waals surface area contributed by atoms with Gasteiger partial charge in [-0.25, -0.2) is 13.1 Å². The second kappa shape index (κ2) is 7.04. The van der Waals surface area contributed by atoms with Gasteiger partial charge in [-0.2, -0.15) is 0 Å². The molecule has 0 fully saturated rings. The van der Waals surface area contributed by atoms with E-state index >= 15 is 0 Å².